The molecule has 2 aliphatic rings. The summed E-state index contributed by atoms with van der Waals surface area (Å²) in [6.07, 6.45) is 0.703. The number of nitrogens with zero attached hydrogens (tertiary/aromatic N) is 3. The number of carbonyl (C=O) groups is 2. The zero-order valence-corrected chi connectivity index (χ0v) is 28.2. The third-order valence-electron chi connectivity index (χ3n) is 8.41. The highest BCUT2D eigenvalue weighted by molar-refractivity contribution is 6.83. The Hall–Kier alpha value is -4.32. The number of nitrogens with one attached hydrogen (secondary N) is 3. The smallest absolute Gasteiger partial charge is 0.251 e. The van der Waals surface area contributed by atoms with E-state index >= 15 is 0 Å². The average Bonchev–Trinajstić information content (AvgIpc) is 3.47. The lowest BCUT2D eigenvalue weighted by Crippen LogP contribution is -2.43. The van der Waals surface area contributed by atoms with Crippen LogP contribution in [0.1, 0.15) is 41.3 Å². The van der Waals surface area contributed by atoms with Crippen LogP contribution in [0.4, 0.5) is 5.69 Å². The minimum Gasteiger partial charge on any atom is -0.497 e. The van der Waals surface area contributed by atoms with Gasteiger partial charge in [0, 0.05) is 41.3 Å². The van der Waals surface area contributed by atoms with Crippen molar-refractivity contribution < 1.29 is 19.1 Å². The Kier molecular flexibility index (Phi) is 9.76. The van der Waals surface area contributed by atoms with E-state index in [4.69, 9.17) is 32.1 Å². The number of hydrogen-bond acceptors (Lipinski definition) is 7. The van der Waals surface area contributed by atoms with Gasteiger partial charge in [-0.05, 0) is 80.0 Å². The number of halogens is 1. The number of benzodiazepines with no additional fused rings is 1. The Morgan fingerprint density at radius 2 is 1.80 bits per heavy atom. The van der Waals surface area contributed by atoms with Crippen molar-refractivity contribution in [3.8, 4) is 5.75 Å². The number of carbonyl (C=O) groups excluding carboxylic acids is 2. The number of rotatable bonds is 8. The monoisotopic (exact) mass is 658 g/mol. The number of methoxy groups -OCH3 is 1. The molecule has 4 N–H and O–H groups in total. The summed E-state index contributed by atoms with van der Waals surface area (Å²) in [4.78, 5) is 45.0. The number of likely N-dealkylation sites (tertiary alicyclic amines) is 1. The summed E-state index contributed by atoms with van der Waals surface area (Å²) in [7, 11) is -0.864. The molecule has 240 valence electrons. The number of anilines is 1. The lowest BCUT2D eigenvalue weighted by atomic mass is 9.99. The largest absolute Gasteiger partial charge is 0.497 e. The number of ether oxygens (including phenoxy) is 1. The molecule has 12 heteroatoms. The van der Waals surface area contributed by atoms with Crippen LogP contribution in [-0.2, 0) is 4.79 Å². The van der Waals surface area contributed by atoms with Crippen LogP contribution in [-0.4, -0.2) is 80.0 Å². The van der Waals surface area contributed by atoms with Gasteiger partial charge in [-0.3, -0.25) is 30.3 Å². The highest BCUT2D eigenvalue weighted by Crippen LogP contribution is 2.33. The molecule has 2 heterocycles. The SMILES string of the molecule is COc1ccc2c(c1)C(c1ccc(Cl)cc1)=N[C@@H](CC(=O)N1CCC(CNC(=O)c3ccc([Si](C)(C)O)cc3)C1)C(=N)N2C(C)=N. The molecule has 0 saturated carbocycles. The van der Waals surface area contributed by atoms with E-state index in [2.05, 4.69) is 5.32 Å². The van der Waals surface area contributed by atoms with Gasteiger partial charge in [-0.1, -0.05) is 35.9 Å². The number of benzene rings is 3. The van der Waals surface area contributed by atoms with Gasteiger partial charge < -0.3 is 19.7 Å². The van der Waals surface area contributed by atoms with Gasteiger partial charge >= 0.3 is 0 Å². The molecular formula is C34H39ClN6O4Si. The van der Waals surface area contributed by atoms with Crippen molar-refractivity contribution in [1.82, 2.24) is 10.2 Å². The maximum Gasteiger partial charge on any atom is 0.251 e. The molecule has 0 bridgehead atoms. The molecule has 5 rings (SSSR count). The second-order valence-electron chi connectivity index (χ2n) is 12.2. The maximum atomic E-state index is 13.7. The molecular weight excluding hydrogens is 620 g/mol. The quantitative estimate of drug-likeness (QED) is 0.161. The van der Waals surface area contributed by atoms with Gasteiger partial charge in [-0.2, -0.15) is 0 Å². The van der Waals surface area contributed by atoms with Gasteiger partial charge in [0.25, 0.3) is 5.91 Å². The first kappa shape index (κ1) is 33.1. The number of amidine groups is 2. The maximum absolute atomic E-state index is 13.7. The summed E-state index contributed by atoms with van der Waals surface area (Å²) in [5.41, 5.74) is 3.16. The van der Waals surface area contributed by atoms with Crippen molar-refractivity contribution in [2.75, 3.05) is 31.6 Å². The zero-order chi connectivity index (χ0) is 33.2. The molecule has 0 spiro atoms. The predicted molar refractivity (Wildman–Crippen MR) is 185 cm³/mol. The molecule has 1 saturated heterocycles. The molecule has 2 amide bonds. The molecule has 0 aliphatic carbocycles. The van der Waals surface area contributed by atoms with Crippen molar-refractivity contribution in [3.63, 3.8) is 0 Å². The van der Waals surface area contributed by atoms with E-state index in [-0.39, 0.29) is 35.8 Å². The topological polar surface area (TPSA) is 142 Å². The van der Waals surface area contributed by atoms with Crippen LogP contribution < -0.4 is 20.1 Å². The molecule has 3 aromatic carbocycles. The zero-order valence-electron chi connectivity index (χ0n) is 26.4. The number of hydrogen-bond donors (Lipinski definition) is 4. The average molecular weight is 659 g/mol. The van der Waals surface area contributed by atoms with Crippen LogP contribution in [0.15, 0.2) is 71.7 Å². The van der Waals surface area contributed by atoms with Crippen LogP contribution in [0.25, 0.3) is 0 Å². The molecule has 2 atom stereocenters. The molecule has 0 radical (unpaired) electrons. The third-order valence-corrected chi connectivity index (χ3v) is 10.4. The van der Waals surface area contributed by atoms with Gasteiger partial charge in [0.05, 0.1) is 24.9 Å². The lowest BCUT2D eigenvalue weighted by Gasteiger charge is -2.27. The number of fused-ring (bicyclic) bond motifs is 1. The Labute approximate surface area is 275 Å². The van der Waals surface area contributed by atoms with E-state index in [0.29, 0.717) is 52.9 Å². The van der Waals surface area contributed by atoms with Crippen LogP contribution in [0.2, 0.25) is 18.1 Å². The van der Waals surface area contributed by atoms with Gasteiger partial charge in [0.15, 0.2) is 0 Å². The Morgan fingerprint density at radius 1 is 1.11 bits per heavy atom. The van der Waals surface area contributed by atoms with Crippen LogP contribution in [0.5, 0.6) is 5.75 Å². The van der Waals surface area contributed by atoms with E-state index in [0.717, 1.165) is 17.2 Å². The van der Waals surface area contributed by atoms with E-state index in [1.54, 1.807) is 67.5 Å². The summed E-state index contributed by atoms with van der Waals surface area (Å²) in [6, 6.07) is 18.9. The molecule has 1 unspecified atom stereocenters. The van der Waals surface area contributed by atoms with Gasteiger partial charge in [-0.15, -0.1) is 0 Å². The van der Waals surface area contributed by atoms with Crippen LogP contribution in [0.3, 0.4) is 0 Å². The van der Waals surface area contributed by atoms with Crippen molar-refractivity contribution in [3.05, 3.63) is 88.4 Å². The standard InChI is InChI=1S/C34H39ClN6O4Si/c1-21(36)41-30-14-11-26(45-2)17-28(30)32(23-5-9-25(35)10-6-23)39-29(33(41)37)18-31(42)40-16-15-22(20-40)19-38-34(43)24-7-12-27(13-8-24)46(3,4)44/h5-14,17,22,29,36-37,44H,15-16,18-20H2,1-4H3,(H,38,43)/t22?,29-/m0/s1. The van der Waals surface area contributed by atoms with E-state index in [1.165, 1.54) is 4.90 Å². The predicted octanol–water partition coefficient (Wildman–Crippen LogP) is 4.42. The van der Waals surface area contributed by atoms with E-state index < -0.39 is 14.4 Å². The molecule has 10 nitrogen and oxygen atoms in total. The Bertz CT molecular complexity index is 1690. The van der Waals surface area contributed by atoms with Gasteiger partial charge in [0.2, 0.25) is 14.2 Å². The fourth-order valence-corrected chi connectivity index (χ4v) is 6.93. The summed E-state index contributed by atoms with van der Waals surface area (Å²) in [5.74, 6) is 0.540. The summed E-state index contributed by atoms with van der Waals surface area (Å²) in [5, 5.41) is 22.1. The fourth-order valence-electron chi connectivity index (χ4n) is 5.82. The summed E-state index contributed by atoms with van der Waals surface area (Å²) >= 11 is 6.18. The Morgan fingerprint density at radius 3 is 2.43 bits per heavy atom. The third kappa shape index (κ3) is 7.22. The molecule has 3 aromatic rings. The first-order valence-electron chi connectivity index (χ1n) is 15.2. The molecule has 46 heavy (non-hydrogen) atoms. The summed E-state index contributed by atoms with van der Waals surface area (Å²) in [6.45, 7) is 6.74. The van der Waals surface area contributed by atoms with Crippen molar-refractivity contribution in [2.24, 2.45) is 10.9 Å². The van der Waals surface area contributed by atoms with E-state index in [9.17, 15) is 14.4 Å². The van der Waals surface area contributed by atoms with E-state index in [1.807, 2.05) is 31.3 Å². The van der Waals surface area contributed by atoms with Crippen LogP contribution in [0, 0.1) is 16.7 Å². The highest BCUT2D eigenvalue weighted by atomic mass is 35.5. The number of amides is 2. The minimum atomic E-state index is -2.44. The Balaban J connectivity index is 1.32. The van der Waals surface area contributed by atoms with Crippen molar-refractivity contribution >= 4 is 60.0 Å². The molecule has 1 fully saturated rings. The fraction of sp³-hybridized carbons (Fsp3) is 0.324. The first-order valence-corrected chi connectivity index (χ1v) is 18.5. The van der Waals surface area contributed by atoms with Crippen molar-refractivity contribution in [2.45, 2.75) is 38.9 Å². The van der Waals surface area contributed by atoms with Crippen molar-refractivity contribution in [1.29, 1.82) is 10.8 Å². The first-order chi connectivity index (χ1) is 21.8. The molecule has 0 aromatic heterocycles. The lowest BCUT2D eigenvalue weighted by molar-refractivity contribution is -0.130. The normalized spacial score (nSPS) is 18.0. The second-order valence-corrected chi connectivity index (χ2v) is 16.4. The molecule has 2 aliphatic heterocycles. The minimum absolute atomic E-state index is 0.0394. The highest BCUT2D eigenvalue weighted by Gasteiger charge is 2.35. The van der Waals surface area contributed by atoms with Crippen LogP contribution >= 0.6 is 11.6 Å². The van der Waals surface area contributed by atoms with Gasteiger partial charge in [-0.25, -0.2) is 0 Å². The van der Waals surface area contributed by atoms with Gasteiger partial charge in [0.1, 0.15) is 23.5 Å². The summed E-state index contributed by atoms with van der Waals surface area (Å²) < 4.78 is 5.50. The number of aliphatic imine (C=N–C) groups is 1. The second kappa shape index (κ2) is 13.6.